The Morgan fingerprint density at radius 2 is 1.73 bits per heavy atom. The molecule has 0 heterocycles. The maximum atomic E-state index is 12.7. The van der Waals surface area contributed by atoms with E-state index in [1.54, 1.807) is 37.4 Å². The van der Waals surface area contributed by atoms with Crippen molar-refractivity contribution in [2.45, 2.75) is 0 Å². The Morgan fingerprint density at radius 3 is 2.37 bits per heavy atom. The van der Waals surface area contributed by atoms with E-state index < -0.39 is 11.9 Å². The Bertz CT molecular complexity index is 1130. The Balaban J connectivity index is 2.07. The fourth-order valence-corrected chi connectivity index (χ4v) is 3.49. The van der Waals surface area contributed by atoms with Crippen LogP contribution in [0.15, 0.2) is 54.6 Å². The SMILES string of the molecule is COc1cccc(-c2ccc(NC(=O)c3ccc(Cl)cc3Cl)c(C(=O)O)c2OC)c1. The van der Waals surface area contributed by atoms with E-state index >= 15 is 0 Å². The lowest BCUT2D eigenvalue weighted by atomic mass is 9.99. The smallest absolute Gasteiger partial charge is 0.341 e. The number of carboxylic acids is 1. The Hall–Kier alpha value is -3.22. The van der Waals surface area contributed by atoms with Crippen molar-refractivity contribution in [1.29, 1.82) is 0 Å². The molecule has 154 valence electrons. The molecule has 0 aromatic heterocycles. The molecular weight excluding hydrogens is 429 g/mol. The molecule has 3 aromatic carbocycles. The zero-order valence-corrected chi connectivity index (χ0v) is 17.5. The van der Waals surface area contributed by atoms with E-state index in [0.717, 1.165) is 0 Å². The van der Waals surface area contributed by atoms with Crippen LogP contribution in [0.1, 0.15) is 20.7 Å². The first kappa shape index (κ1) is 21.5. The monoisotopic (exact) mass is 445 g/mol. The fraction of sp³-hybridized carbons (Fsp3) is 0.0909. The van der Waals surface area contributed by atoms with E-state index in [1.807, 2.05) is 0 Å². The highest BCUT2D eigenvalue weighted by Crippen LogP contribution is 2.38. The number of carbonyl (C=O) groups excluding carboxylic acids is 1. The van der Waals surface area contributed by atoms with Crippen LogP contribution >= 0.6 is 23.2 Å². The van der Waals surface area contributed by atoms with Crippen LogP contribution in [0.3, 0.4) is 0 Å². The second-order valence-electron chi connectivity index (χ2n) is 6.18. The molecule has 0 unspecified atom stereocenters. The minimum Gasteiger partial charge on any atom is -0.497 e. The first-order valence-corrected chi connectivity index (χ1v) is 9.46. The van der Waals surface area contributed by atoms with E-state index in [2.05, 4.69) is 5.32 Å². The Labute approximate surface area is 183 Å². The number of halogens is 2. The number of ether oxygens (including phenoxy) is 2. The minimum absolute atomic E-state index is 0.0713. The van der Waals surface area contributed by atoms with Crippen molar-refractivity contribution in [2.24, 2.45) is 0 Å². The zero-order valence-electron chi connectivity index (χ0n) is 16.0. The summed E-state index contributed by atoms with van der Waals surface area (Å²) in [6, 6.07) is 14.7. The van der Waals surface area contributed by atoms with Crippen LogP contribution in [-0.4, -0.2) is 31.2 Å². The highest BCUT2D eigenvalue weighted by molar-refractivity contribution is 6.37. The van der Waals surface area contributed by atoms with Gasteiger partial charge in [0.1, 0.15) is 17.1 Å². The topological polar surface area (TPSA) is 84.9 Å². The Kier molecular flexibility index (Phi) is 6.50. The lowest BCUT2D eigenvalue weighted by Crippen LogP contribution is -2.16. The van der Waals surface area contributed by atoms with E-state index in [4.69, 9.17) is 32.7 Å². The molecule has 0 saturated carbocycles. The molecule has 8 heteroatoms. The number of hydrogen-bond donors (Lipinski definition) is 2. The normalized spacial score (nSPS) is 10.4. The molecule has 0 radical (unpaired) electrons. The van der Waals surface area contributed by atoms with Crippen molar-refractivity contribution >= 4 is 40.8 Å². The van der Waals surface area contributed by atoms with E-state index in [9.17, 15) is 14.7 Å². The second kappa shape index (κ2) is 9.07. The van der Waals surface area contributed by atoms with Gasteiger partial charge >= 0.3 is 5.97 Å². The maximum Gasteiger partial charge on any atom is 0.341 e. The summed E-state index contributed by atoms with van der Waals surface area (Å²) in [5, 5.41) is 12.9. The molecule has 3 rings (SSSR count). The average molecular weight is 446 g/mol. The summed E-state index contributed by atoms with van der Waals surface area (Å²) >= 11 is 12.0. The lowest BCUT2D eigenvalue weighted by molar-refractivity contribution is 0.0694. The first-order chi connectivity index (χ1) is 14.3. The number of carboxylic acid groups (broad SMARTS) is 1. The number of aromatic carboxylic acids is 1. The largest absolute Gasteiger partial charge is 0.497 e. The predicted octanol–water partition coefficient (Wildman–Crippen LogP) is 5.63. The summed E-state index contributed by atoms with van der Waals surface area (Å²) in [6.07, 6.45) is 0. The minimum atomic E-state index is -1.26. The number of anilines is 1. The number of amides is 1. The van der Waals surface area contributed by atoms with Gasteiger partial charge in [0, 0.05) is 10.6 Å². The van der Waals surface area contributed by atoms with Gasteiger partial charge in [0.25, 0.3) is 5.91 Å². The number of nitrogens with one attached hydrogen (secondary N) is 1. The van der Waals surface area contributed by atoms with Crippen molar-refractivity contribution in [3.05, 3.63) is 75.8 Å². The summed E-state index contributed by atoms with van der Waals surface area (Å²) in [7, 11) is 2.91. The third kappa shape index (κ3) is 4.35. The van der Waals surface area contributed by atoms with Crippen LogP contribution in [0.25, 0.3) is 11.1 Å². The molecule has 0 fully saturated rings. The van der Waals surface area contributed by atoms with E-state index in [1.165, 1.54) is 31.4 Å². The van der Waals surface area contributed by atoms with Crippen LogP contribution in [0, 0.1) is 0 Å². The third-order valence-corrected chi connectivity index (χ3v) is 4.93. The van der Waals surface area contributed by atoms with Crippen LogP contribution in [0.5, 0.6) is 11.5 Å². The van der Waals surface area contributed by atoms with Crippen molar-refractivity contribution in [1.82, 2.24) is 0 Å². The van der Waals surface area contributed by atoms with E-state index in [0.29, 0.717) is 21.9 Å². The quantitative estimate of drug-likeness (QED) is 0.513. The molecule has 3 aromatic rings. The van der Waals surface area contributed by atoms with Gasteiger partial charge < -0.3 is 19.9 Å². The molecule has 0 atom stereocenters. The molecule has 0 aliphatic heterocycles. The number of hydrogen-bond acceptors (Lipinski definition) is 4. The molecule has 0 aliphatic rings. The Morgan fingerprint density at radius 1 is 0.967 bits per heavy atom. The lowest BCUT2D eigenvalue weighted by Gasteiger charge is -2.17. The summed E-state index contributed by atoms with van der Waals surface area (Å²) < 4.78 is 10.7. The van der Waals surface area contributed by atoms with Crippen molar-refractivity contribution in [2.75, 3.05) is 19.5 Å². The average Bonchev–Trinajstić information content (AvgIpc) is 2.72. The fourth-order valence-electron chi connectivity index (χ4n) is 2.99. The molecule has 1 amide bonds. The number of rotatable bonds is 6. The zero-order chi connectivity index (χ0) is 21.8. The molecule has 6 nitrogen and oxygen atoms in total. The number of carbonyl (C=O) groups is 2. The van der Waals surface area contributed by atoms with Gasteiger partial charge in [-0.25, -0.2) is 4.79 Å². The summed E-state index contributed by atoms with van der Waals surface area (Å²) in [6.45, 7) is 0. The number of benzene rings is 3. The molecule has 30 heavy (non-hydrogen) atoms. The van der Waals surface area contributed by atoms with Gasteiger partial charge in [0.15, 0.2) is 0 Å². The standard InChI is InChI=1S/C22H17Cl2NO5/c1-29-14-5-3-4-12(10-14)15-8-9-18(19(22(27)28)20(15)30-2)25-21(26)16-7-6-13(23)11-17(16)24/h3-11H,1-2H3,(H,25,26)(H,27,28). The van der Waals surface area contributed by atoms with Gasteiger partial charge in [-0.15, -0.1) is 0 Å². The molecule has 0 saturated heterocycles. The van der Waals surface area contributed by atoms with Crippen LogP contribution < -0.4 is 14.8 Å². The van der Waals surface area contributed by atoms with Crippen molar-refractivity contribution < 1.29 is 24.2 Å². The summed E-state index contributed by atoms with van der Waals surface area (Å²) in [5.74, 6) is -1.11. The van der Waals surface area contributed by atoms with Crippen molar-refractivity contribution in [3.8, 4) is 22.6 Å². The first-order valence-electron chi connectivity index (χ1n) is 8.70. The van der Waals surface area contributed by atoms with Gasteiger partial charge in [-0.1, -0.05) is 35.3 Å². The summed E-state index contributed by atoms with van der Waals surface area (Å²) in [5.41, 5.74) is 1.29. The van der Waals surface area contributed by atoms with Gasteiger partial charge in [0.05, 0.1) is 30.5 Å². The van der Waals surface area contributed by atoms with Crippen LogP contribution in [0.4, 0.5) is 5.69 Å². The molecular formula is C22H17Cl2NO5. The highest BCUT2D eigenvalue weighted by Gasteiger charge is 2.23. The summed E-state index contributed by atoms with van der Waals surface area (Å²) in [4.78, 5) is 24.7. The van der Waals surface area contributed by atoms with Gasteiger partial charge in [-0.3, -0.25) is 4.79 Å². The van der Waals surface area contributed by atoms with Gasteiger partial charge in [0.2, 0.25) is 0 Å². The number of methoxy groups -OCH3 is 2. The molecule has 2 N–H and O–H groups in total. The second-order valence-corrected chi connectivity index (χ2v) is 7.03. The molecule has 0 spiro atoms. The predicted molar refractivity (Wildman–Crippen MR) is 116 cm³/mol. The molecule has 0 aliphatic carbocycles. The molecule has 0 bridgehead atoms. The van der Waals surface area contributed by atoms with Crippen LogP contribution in [-0.2, 0) is 0 Å². The highest BCUT2D eigenvalue weighted by atomic mass is 35.5. The third-order valence-electron chi connectivity index (χ3n) is 4.38. The van der Waals surface area contributed by atoms with E-state index in [-0.39, 0.29) is 27.6 Å². The van der Waals surface area contributed by atoms with Crippen molar-refractivity contribution in [3.63, 3.8) is 0 Å². The van der Waals surface area contributed by atoms with Gasteiger partial charge in [-0.05, 0) is 48.0 Å². The van der Waals surface area contributed by atoms with Crippen LogP contribution in [0.2, 0.25) is 10.0 Å². The van der Waals surface area contributed by atoms with Gasteiger partial charge in [-0.2, -0.15) is 0 Å². The maximum absolute atomic E-state index is 12.7.